The molecule has 0 aliphatic rings. The number of anilines is 1. The first-order valence-corrected chi connectivity index (χ1v) is 8.19. The maximum atomic E-state index is 12.1. The number of rotatable bonds is 12. The Morgan fingerprint density at radius 3 is 1.58 bits per heavy atom. The Morgan fingerprint density at radius 1 is 0.806 bits per heavy atom. The first-order chi connectivity index (χ1) is 13.0. The predicted molar refractivity (Wildman–Crippen MR) is 119 cm³/mol. The second-order valence-corrected chi connectivity index (χ2v) is 6.31. The van der Waals surface area contributed by atoms with Crippen molar-refractivity contribution in [3.8, 4) is 0 Å². The molecule has 0 aliphatic carbocycles. The Hall–Kier alpha value is -2.31. The van der Waals surface area contributed by atoms with Crippen molar-refractivity contribution in [3.63, 3.8) is 0 Å². The molecule has 1 aromatic rings. The van der Waals surface area contributed by atoms with Gasteiger partial charge in [0.1, 0.15) is 5.54 Å². The number of benzene rings is 1. The van der Waals surface area contributed by atoms with Gasteiger partial charge in [-0.25, -0.2) is 4.79 Å². The highest BCUT2D eigenvalue weighted by Crippen LogP contribution is 2.29. The Morgan fingerprint density at radius 2 is 1.23 bits per heavy atom. The molecule has 0 aromatic heterocycles. The van der Waals surface area contributed by atoms with Crippen LogP contribution in [0.3, 0.4) is 0 Å². The summed E-state index contributed by atoms with van der Waals surface area (Å²) in [4.78, 5) is 47.4. The molecule has 1 atom stereocenters. The van der Waals surface area contributed by atoms with Crippen molar-refractivity contribution in [1.29, 1.82) is 0 Å². The van der Waals surface area contributed by atoms with E-state index in [9.17, 15) is 29.4 Å². The van der Waals surface area contributed by atoms with Crippen LogP contribution in [0, 0.1) is 0 Å². The molecule has 1 rings (SSSR count). The number of aliphatic carboxylic acids is 4. The normalized spacial score (nSPS) is 12.0. The van der Waals surface area contributed by atoms with Gasteiger partial charge in [0, 0.05) is 18.8 Å². The molecule has 0 radical (unpaired) electrons. The topological polar surface area (TPSA) is 182 Å². The van der Waals surface area contributed by atoms with Crippen molar-refractivity contribution < 1.29 is 39.6 Å². The fourth-order valence-electron chi connectivity index (χ4n) is 2.73. The largest absolute Gasteiger partial charge is 0.480 e. The van der Waals surface area contributed by atoms with Crippen LogP contribution in [0.5, 0.6) is 0 Å². The van der Waals surface area contributed by atoms with Crippen LogP contribution in [0.25, 0.3) is 0 Å². The molecule has 0 aliphatic heterocycles. The minimum atomic E-state index is -1.76. The molecule has 6 N–H and O–H groups in total. The van der Waals surface area contributed by atoms with Gasteiger partial charge in [0.05, 0.1) is 19.6 Å². The number of carboxylic acids is 4. The molecule has 31 heavy (non-hydrogen) atoms. The van der Waals surface area contributed by atoms with Crippen molar-refractivity contribution in [2.24, 2.45) is 0 Å². The highest BCUT2D eigenvalue weighted by atomic mass is 35.5. The van der Waals surface area contributed by atoms with Crippen molar-refractivity contribution in [1.82, 2.24) is 9.80 Å². The van der Waals surface area contributed by atoms with Crippen LogP contribution in [-0.2, 0) is 24.7 Å². The number of carbonyl (C=O) groups is 4. The maximum Gasteiger partial charge on any atom is 0.328 e. The zero-order chi connectivity index (χ0) is 21.5. The van der Waals surface area contributed by atoms with Gasteiger partial charge in [-0.15, -0.1) is 37.2 Å². The van der Waals surface area contributed by atoms with Crippen LogP contribution in [0.4, 0.5) is 5.69 Å². The first kappa shape index (κ1) is 33.3. The van der Waals surface area contributed by atoms with Gasteiger partial charge in [-0.1, -0.05) is 12.1 Å². The van der Waals surface area contributed by atoms with E-state index < -0.39 is 49.1 Å². The highest BCUT2D eigenvalue weighted by Gasteiger charge is 2.42. The molecule has 0 amide bonds. The SMILES string of the molecule is C[C@](C(=O)O)(c1ccc(N)cc1)N(CCN(CC(=O)O)CC(=O)O)CC(=O)O.Cl.Cl.Cl. The van der Waals surface area contributed by atoms with Crippen LogP contribution >= 0.6 is 37.2 Å². The Kier molecular flexibility index (Phi) is 15.8. The average molecular weight is 507 g/mol. The van der Waals surface area contributed by atoms with Gasteiger partial charge >= 0.3 is 23.9 Å². The summed E-state index contributed by atoms with van der Waals surface area (Å²) in [5.41, 5.74) is 4.54. The van der Waals surface area contributed by atoms with E-state index in [4.69, 9.17) is 15.9 Å². The molecule has 11 nitrogen and oxygen atoms in total. The smallest absolute Gasteiger partial charge is 0.328 e. The van der Waals surface area contributed by atoms with E-state index in [0.29, 0.717) is 5.69 Å². The lowest BCUT2D eigenvalue weighted by molar-refractivity contribution is -0.155. The summed E-state index contributed by atoms with van der Waals surface area (Å²) in [6.45, 7) is -0.856. The molecule has 0 spiro atoms. The minimum absolute atomic E-state index is 0. The fourth-order valence-corrected chi connectivity index (χ4v) is 2.73. The monoisotopic (exact) mass is 505 g/mol. The predicted octanol–water partition coefficient (Wildman–Crippen LogP) is 0.692. The third-order valence-corrected chi connectivity index (χ3v) is 4.25. The molecule has 0 saturated carbocycles. The summed E-state index contributed by atoms with van der Waals surface area (Å²) in [5, 5.41) is 36.9. The summed E-state index contributed by atoms with van der Waals surface area (Å²) in [5.74, 6) is -5.12. The molecular formula is C17H26Cl3N3O8. The van der Waals surface area contributed by atoms with Gasteiger partial charge in [-0.05, 0) is 24.6 Å². The summed E-state index contributed by atoms with van der Waals surface area (Å²) < 4.78 is 0. The molecule has 0 fully saturated rings. The molecule has 0 heterocycles. The van der Waals surface area contributed by atoms with Gasteiger partial charge in [0.15, 0.2) is 0 Å². The quantitative estimate of drug-likeness (QED) is 0.251. The summed E-state index contributed by atoms with van der Waals surface area (Å²) in [6.07, 6.45) is 0. The number of halogens is 3. The zero-order valence-corrected chi connectivity index (χ0v) is 18.9. The number of hydrogen-bond acceptors (Lipinski definition) is 7. The van der Waals surface area contributed by atoms with Crippen LogP contribution in [-0.4, -0.2) is 86.8 Å². The lowest BCUT2D eigenvalue weighted by Gasteiger charge is -2.38. The molecule has 178 valence electrons. The van der Waals surface area contributed by atoms with Crippen molar-refractivity contribution >= 4 is 66.8 Å². The lowest BCUT2D eigenvalue weighted by atomic mass is 9.89. The van der Waals surface area contributed by atoms with Gasteiger partial charge in [-0.3, -0.25) is 24.2 Å². The lowest BCUT2D eigenvalue weighted by Crippen LogP contribution is -2.54. The van der Waals surface area contributed by atoms with Crippen LogP contribution < -0.4 is 5.73 Å². The van der Waals surface area contributed by atoms with E-state index in [-0.39, 0.29) is 55.9 Å². The highest BCUT2D eigenvalue weighted by molar-refractivity contribution is 5.86. The van der Waals surface area contributed by atoms with Gasteiger partial charge in [0.2, 0.25) is 0 Å². The standard InChI is InChI=1S/C17H23N3O8.3ClH/c1-17(16(27)28,11-2-4-12(18)5-3-11)20(10-15(25)26)7-6-19(8-13(21)22)9-14(23)24;;;/h2-5H,6-10,18H2,1H3,(H,21,22)(H,23,24)(H,25,26)(H,27,28);3*1H/t17-;;;/m1.../s1. The number of nitrogens with two attached hydrogens (primary N) is 1. The average Bonchev–Trinajstić information content (AvgIpc) is 2.56. The van der Waals surface area contributed by atoms with Crippen LogP contribution in [0.15, 0.2) is 24.3 Å². The molecule has 1 aromatic carbocycles. The van der Waals surface area contributed by atoms with E-state index in [1.54, 1.807) is 0 Å². The fraction of sp³-hybridized carbons (Fsp3) is 0.412. The van der Waals surface area contributed by atoms with Gasteiger partial charge in [-0.2, -0.15) is 0 Å². The van der Waals surface area contributed by atoms with Crippen molar-refractivity contribution in [2.75, 3.05) is 38.5 Å². The van der Waals surface area contributed by atoms with Crippen LogP contribution in [0.2, 0.25) is 0 Å². The molecule has 0 saturated heterocycles. The molecular weight excluding hydrogens is 481 g/mol. The zero-order valence-electron chi connectivity index (χ0n) is 16.5. The summed E-state index contributed by atoms with van der Waals surface area (Å²) >= 11 is 0. The van der Waals surface area contributed by atoms with E-state index in [0.717, 1.165) is 9.80 Å². The molecule has 14 heteroatoms. The summed E-state index contributed by atoms with van der Waals surface area (Å²) in [7, 11) is 0. The Labute approximate surface area is 197 Å². The third kappa shape index (κ3) is 10.0. The number of nitrogens with zero attached hydrogens (tertiary/aromatic N) is 2. The van der Waals surface area contributed by atoms with E-state index in [2.05, 4.69) is 0 Å². The van der Waals surface area contributed by atoms with Gasteiger partial charge < -0.3 is 26.2 Å². The van der Waals surface area contributed by atoms with Crippen LogP contribution in [0.1, 0.15) is 12.5 Å². The van der Waals surface area contributed by atoms with E-state index in [1.807, 2.05) is 0 Å². The Bertz CT molecular complexity index is 735. The van der Waals surface area contributed by atoms with E-state index >= 15 is 0 Å². The molecule has 0 unspecified atom stereocenters. The van der Waals surface area contributed by atoms with Gasteiger partial charge in [0.25, 0.3) is 0 Å². The number of carboxylic acid groups (broad SMARTS) is 4. The third-order valence-electron chi connectivity index (χ3n) is 4.25. The second-order valence-electron chi connectivity index (χ2n) is 6.31. The van der Waals surface area contributed by atoms with Crippen molar-refractivity contribution in [2.45, 2.75) is 12.5 Å². The van der Waals surface area contributed by atoms with E-state index in [1.165, 1.54) is 31.2 Å². The minimum Gasteiger partial charge on any atom is -0.480 e. The number of nitrogen functional groups attached to an aromatic ring is 1. The maximum absolute atomic E-state index is 12.1. The second kappa shape index (κ2) is 14.7. The number of hydrogen-bond donors (Lipinski definition) is 5. The molecule has 0 bridgehead atoms. The van der Waals surface area contributed by atoms with Crippen molar-refractivity contribution in [3.05, 3.63) is 29.8 Å². The summed E-state index contributed by atoms with van der Waals surface area (Å²) in [6, 6.07) is 5.89. The first-order valence-electron chi connectivity index (χ1n) is 8.19. The Balaban J connectivity index is -0.00000261.